The SMILES string of the molecule is CCCn1c(=O)[nH]c(=O)c2[nH]c(CS(C)(=O)=O)nc21. The Morgan fingerprint density at radius 2 is 1.95 bits per heavy atom. The fourth-order valence-electron chi connectivity index (χ4n) is 1.84. The molecule has 2 aromatic heterocycles. The van der Waals surface area contributed by atoms with E-state index in [4.69, 9.17) is 0 Å². The number of aromatic amines is 2. The molecule has 0 aliphatic rings. The van der Waals surface area contributed by atoms with Gasteiger partial charge in [0.05, 0.1) is 0 Å². The summed E-state index contributed by atoms with van der Waals surface area (Å²) in [6.07, 6.45) is 1.76. The normalized spacial score (nSPS) is 12.1. The van der Waals surface area contributed by atoms with Gasteiger partial charge in [-0.15, -0.1) is 0 Å². The van der Waals surface area contributed by atoms with Crippen molar-refractivity contribution in [2.75, 3.05) is 6.26 Å². The first-order valence-corrected chi connectivity index (χ1v) is 7.77. The number of hydrogen-bond donors (Lipinski definition) is 2. The zero-order valence-corrected chi connectivity index (χ0v) is 11.4. The molecule has 0 radical (unpaired) electrons. The maximum atomic E-state index is 11.7. The number of sulfone groups is 1. The first kappa shape index (κ1) is 13.5. The summed E-state index contributed by atoms with van der Waals surface area (Å²) in [5.74, 6) is -0.153. The fraction of sp³-hybridized carbons (Fsp3) is 0.500. The second-order valence-corrected chi connectivity index (χ2v) is 6.50. The Kier molecular flexibility index (Phi) is 3.31. The highest BCUT2D eigenvalue weighted by Crippen LogP contribution is 2.07. The number of hydrogen-bond acceptors (Lipinski definition) is 5. The van der Waals surface area contributed by atoms with Gasteiger partial charge in [-0.3, -0.25) is 14.3 Å². The topological polar surface area (TPSA) is 118 Å². The molecule has 0 amide bonds. The Balaban J connectivity index is 2.70. The number of H-pyrrole nitrogens is 2. The van der Waals surface area contributed by atoms with Gasteiger partial charge in [-0.25, -0.2) is 18.2 Å². The summed E-state index contributed by atoms with van der Waals surface area (Å²) in [7, 11) is -3.27. The molecule has 2 N–H and O–H groups in total. The molecule has 0 saturated heterocycles. The quantitative estimate of drug-likeness (QED) is 0.775. The van der Waals surface area contributed by atoms with Crippen molar-refractivity contribution in [3.63, 3.8) is 0 Å². The monoisotopic (exact) mass is 286 g/mol. The van der Waals surface area contributed by atoms with Crippen LogP contribution in [0.1, 0.15) is 19.2 Å². The summed E-state index contributed by atoms with van der Waals surface area (Å²) < 4.78 is 23.8. The van der Waals surface area contributed by atoms with E-state index in [1.54, 1.807) is 0 Å². The molecule has 0 unspecified atom stereocenters. The molecule has 2 heterocycles. The van der Waals surface area contributed by atoms with E-state index < -0.39 is 21.1 Å². The van der Waals surface area contributed by atoms with Gasteiger partial charge in [0.2, 0.25) is 0 Å². The molecule has 0 spiro atoms. The molecular weight excluding hydrogens is 272 g/mol. The summed E-state index contributed by atoms with van der Waals surface area (Å²) in [5, 5.41) is 0. The molecule has 0 aliphatic heterocycles. The van der Waals surface area contributed by atoms with E-state index in [0.29, 0.717) is 13.0 Å². The molecular formula is C10H14N4O4S. The van der Waals surface area contributed by atoms with Crippen molar-refractivity contribution < 1.29 is 8.42 Å². The van der Waals surface area contributed by atoms with Gasteiger partial charge in [-0.2, -0.15) is 0 Å². The van der Waals surface area contributed by atoms with Crippen molar-refractivity contribution in [3.05, 3.63) is 26.7 Å². The molecule has 2 rings (SSSR count). The number of aryl methyl sites for hydroxylation is 1. The Morgan fingerprint density at radius 1 is 1.26 bits per heavy atom. The van der Waals surface area contributed by atoms with Crippen LogP contribution in [0.3, 0.4) is 0 Å². The van der Waals surface area contributed by atoms with E-state index in [9.17, 15) is 18.0 Å². The minimum Gasteiger partial charge on any atom is -0.335 e. The molecule has 104 valence electrons. The Bertz CT molecular complexity index is 827. The number of rotatable bonds is 4. The first-order chi connectivity index (χ1) is 8.81. The van der Waals surface area contributed by atoms with Crippen LogP contribution < -0.4 is 11.2 Å². The predicted molar refractivity (Wildman–Crippen MR) is 69.8 cm³/mol. The summed E-state index contributed by atoms with van der Waals surface area (Å²) >= 11 is 0. The predicted octanol–water partition coefficient (Wildman–Crippen LogP) is -0.632. The number of nitrogens with one attached hydrogen (secondary N) is 2. The zero-order chi connectivity index (χ0) is 14.2. The summed E-state index contributed by atoms with van der Waals surface area (Å²) in [5.41, 5.74) is -0.836. The van der Waals surface area contributed by atoms with E-state index in [-0.39, 0.29) is 22.7 Å². The summed E-state index contributed by atoms with van der Waals surface area (Å²) in [6.45, 7) is 2.28. The molecule has 0 aliphatic carbocycles. The van der Waals surface area contributed by atoms with E-state index in [1.807, 2.05) is 6.92 Å². The second kappa shape index (κ2) is 4.65. The zero-order valence-electron chi connectivity index (χ0n) is 10.6. The van der Waals surface area contributed by atoms with Gasteiger partial charge in [0.15, 0.2) is 15.5 Å². The van der Waals surface area contributed by atoms with Crippen LogP contribution in [-0.2, 0) is 22.1 Å². The Hall–Kier alpha value is -1.90. The summed E-state index contributed by atoms with van der Waals surface area (Å²) in [4.78, 5) is 32.2. The van der Waals surface area contributed by atoms with Gasteiger partial charge in [0.25, 0.3) is 5.56 Å². The van der Waals surface area contributed by atoms with Crippen molar-refractivity contribution in [2.24, 2.45) is 0 Å². The van der Waals surface area contributed by atoms with Gasteiger partial charge in [0, 0.05) is 12.8 Å². The maximum Gasteiger partial charge on any atom is 0.330 e. The standard InChI is InChI=1S/C10H14N4O4S/c1-3-4-14-8-7(9(15)13-10(14)16)11-6(12-8)5-19(2,17)18/h3-5H2,1-2H3,(H,11,12)(H,13,15,16). The number of aromatic nitrogens is 4. The molecule has 9 heteroatoms. The van der Waals surface area contributed by atoms with Crippen LogP contribution in [0.25, 0.3) is 11.2 Å². The highest BCUT2D eigenvalue weighted by molar-refractivity contribution is 7.89. The molecule has 0 aromatic carbocycles. The third-order valence-corrected chi connectivity index (χ3v) is 3.33. The lowest BCUT2D eigenvalue weighted by Crippen LogP contribution is -2.30. The van der Waals surface area contributed by atoms with Gasteiger partial charge >= 0.3 is 5.69 Å². The van der Waals surface area contributed by atoms with Crippen molar-refractivity contribution >= 4 is 21.0 Å². The highest BCUT2D eigenvalue weighted by Gasteiger charge is 2.15. The van der Waals surface area contributed by atoms with Crippen LogP contribution in [0.2, 0.25) is 0 Å². The third-order valence-electron chi connectivity index (χ3n) is 2.53. The molecule has 0 atom stereocenters. The Morgan fingerprint density at radius 3 is 2.53 bits per heavy atom. The van der Waals surface area contributed by atoms with Gasteiger partial charge in [-0.1, -0.05) is 6.92 Å². The number of fused-ring (bicyclic) bond motifs is 1. The number of nitrogens with zero attached hydrogens (tertiary/aromatic N) is 2. The second-order valence-electron chi connectivity index (χ2n) is 4.36. The largest absolute Gasteiger partial charge is 0.335 e. The molecule has 0 fully saturated rings. The minimum absolute atomic E-state index is 0.117. The van der Waals surface area contributed by atoms with Gasteiger partial charge in [0.1, 0.15) is 17.1 Å². The van der Waals surface area contributed by atoms with E-state index in [0.717, 1.165) is 6.26 Å². The van der Waals surface area contributed by atoms with E-state index in [2.05, 4.69) is 15.0 Å². The first-order valence-electron chi connectivity index (χ1n) is 5.71. The van der Waals surface area contributed by atoms with Crippen LogP contribution in [-0.4, -0.2) is 34.2 Å². The van der Waals surface area contributed by atoms with Gasteiger partial charge in [-0.05, 0) is 6.42 Å². The van der Waals surface area contributed by atoms with Crippen LogP contribution >= 0.6 is 0 Å². The summed E-state index contributed by atoms with van der Waals surface area (Å²) in [6, 6.07) is 0. The van der Waals surface area contributed by atoms with Crippen molar-refractivity contribution in [3.8, 4) is 0 Å². The highest BCUT2D eigenvalue weighted by atomic mass is 32.2. The average Bonchev–Trinajstić information content (AvgIpc) is 2.65. The third kappa shape index (κ3) is 2.75. The van der Waals surface area contributed by atoms with Crippen LogP contribution in [0.4, 0.5) is 0 Å². The van der Waals surface area contributed by atoms with E-state index >= 15 is 0 Å². The molecule has 8 nitrogen and oxygen atoms in total. The van der Waals surface area contributed by atoms with Crippen LogP contribution in [0.5, 0.6) is 0 Å². The molecule has 0 bridgehead atoms. The van der Waals surface area contributed by atoms with Gasteiger partial charge < -0.3 is 4.98 Å². The maximum absolute atomic E-state index is 11.7. The lowest BCUT2D eigenvalue weighted by molar-refractivity contribution is 0.600. The molecule has 19 heavy (non-hydrogen) atoms. The van der Waals surface area contributed by atoms with E-state index in [1.165, 1.54) is 4.57 Å². The van der Waals surface area contributed by atoms with Crippen molar-refractivity contribution in [2.45, 2.75) is 25.6 Å². The lowest BCUT2D eigenvalue weighted by atomic mass is 10.4. The van der Waals surface area contributed by atoms with Crippen molar-refractivity contribution in [1.82, 2.24) is 19.5 Å². The minimum atomic E-state index is -3.27. The number of imidazole rings is 1. The molecule has 2 aromatic rings. The Labute approximate surface area is 108 Å². The van der Waals surface area contributed by atoms with Crippen molar-refractivity contribution in [1.29, 1.82) is 0 Å². The van der Waals surface area contributed by atoms with Crippen LogP contribution in [0.15, 0.2) is 9.59 Å². The van der Waals surface area contributed by atoms with Crippen LogP contribution in [0, 0.1) is 0 Å². The molecule has 0 saturated carbocycles. The average molecular weight is 286 g/mol. The fourth-order valence-corrected chi connectivity index (χ4v) is 2.47. The lowest BCUT2D eigenvalue weighted by Gasteiger charge is -2.02. The smallest absolute Gasteiger partial charge is 0.330 e.